The molecule has 0 amide bonds. The van der Waals surface area contributed by atoms with E-state index in [9.17, 15) is 0 Å². The quantitative estimate of drug-likeness (QED) is 0.851. The fourth-order valence-corrected chi connectivity index (χ4v) is 2.70. The molecule has 2 heterocycles. The second kappa shape index (κ2) is 6.90. The number of hydrogen-bond acceptors (Lipinski definition) is 5. The van der Waals surface area contributed by atoms with Crippen LogP contribution in [0.4, 0.5) is 11.6 Å². The van der Waals surface area contributed by atoms with Gasteiger partial charge in [0.2, 0.25) is 0 Å². The van der Waals surface area contributed by atoms with Crippen molar-refractivity contribution in [2.24, 2.45) is 5.92 Å². The Morgan fingerprint density at radius 1 is 1.25 bits per heavy atom. The number of nitrogens with one attached hydrogen (secondary N) is 1. The summed E-state index contributed by atoms with van der Waals surface area (Å²) < 4.78 is 0. The number of likely N-dealkylation sites (N-methyl/N-ethyl adjacent to an activating group) is 1. The normalized spacial score (nSPS) is 19.2. The van der Waals surface area contributed by atoms with Crippen LogP contribution in [0.1, 0.15) is 13.8 Å². The van der Waals surface area contributed by atoms with Gasteiger partial charge in [-0.05, 0) is 25.1 Å². The van der Waals surface area contributed by atoms with Crippen molar-refractivity contribution >= 4 is 11.6 Å². The topological polar surface area (TPSA) is 57.4 Å². The first-order valence-corrected chi connectivity index (χ1v) is 7.45. The van der Waals surface area contributed by atoms with E-state index in [2.05, 4.69) is 41.0 Å². The number of hydrogen-bond donors (Lipinski definition) is 2. The summed E-state index contributed by atoms with van der Waals surface area (Å²) in [6.07, 6.45) is 0. The highest BCUT2D eigenvalue weighted by molar-refractivity contribution is 5.42. The third-order valence-electron chi connectivity index (χ3n) is 4.04. The van der Waals surface area contributed by atoms with Gasteiger partial charge in [0.15, 0.2) is 0 Å². The van der Waals surface area contributed by atoms with Gasteiger partial charge < -0.3 is 16.0 Å². The monoisotopic (exact) mass is 277 g/mol. The molecule has 0 bridgehead atoms. The fourth-order valence-electron chi connectivity index (χ4n) is 2.70. The number of piperazine rings is 1. The minimum atomic E-state index is 0.534. The zero-order chi connectivity index (χ0) is 14.5. The first-order chi connectivity index (χ1) is 9.56. The number of nitrogens with zero attached hydrogens (tertiary/aromatic N) is 3. The van der Waals surface area contributed by atoms with Crippen molar-refractivity contribution in [3.05, 3.63) is 18.2 Å². The van der Waals surface area contributed by atoms with Crippen molar-refractivity contribution in [1.82, 2.24) is 14.8 Å². The number of anilines is 2. The van der Waals surface area contributed by atoms with Gasteiger partial charge in [-0.1, -0.05) is 19.9 Å². The first-order valence-electron chi connectivity index (χ1n) is 7.45. The van der Waals surface area contributed by atoms with E-state index in [1.807, 2.05) is 18.2 Å². The second-order valence-corrected chi connectivity index (χ2v) is 5.98. The van der Waals surface area contributed by atoms with Crippen LogP contribution in [0.25, 0.3) is 0 Å². The molecule has 0 saturated carbocycles. The van der Waals surface area contributed by atoms with Crippen LogP contribution in [0, 0.1) is 5.92 Å². The molecular weight excluding hydrogens is 250 g/mol. The van der Waals surface area contributed by atoms with Crippen molar-refractivity contribution < 1.29 is 0 Å². The summed E-state index contributed by atoms with van der Waals surface area (Å²) in [5.41, 5.74) is 5.72. The number of aromatic nitrogens is 1. The minimum absolute atomic E-state index is 0.534. The fraction of sp³-hybridized carbons (Fsp3) is 0.667. The Morgan fingerprint density at radius 3 is 2.55 bits per heavy atom. The Hall–Kier alpha value is -1.33. The predicted octanol–water partition coefficient (Wildman–Crippen LogP) is 1.35. The predicted molar refractivity (Wildman–Crippen MR) is 84.8 cm³/mol. The van der Waals surface area contributed by atoms with Gasteiger partial charge in [-0.15, -0.1) is 0 Å². The van der Waals surface area contributed by atoms with Gasteiger partial charge in [-0.2, -0.15) is 0 Å². The van der Waals surface area contributed by atoms with Crippen LogP contribution < -0.4 is 11.1 Å². The Morgan fingerprint density at radius 2 is 1.95 bits per heavy atom. The smallest absolute Gasteiger partial charge is 0.128 e. The molecule has 1 atom stereocenters. The van der Waals surface area contributed by atoms with Crippen LogP contribution in [0.3, 0.4) is 0 Å². The molecule has 3 N–H and O–H groups in total. The van der Waals surface area contributed by atoms with Gasteiger partial charge in [-0.25, -0.2) is 4.98 Å². The lowest BCUT2D eigenvalue weighted by molar-refractivity contribution is 0.0944. The van der Waals surface area contributed by atoms with Crippen LogP contribution in [0.15, 0.2) is 18.2 Å². The van der Waals surface area contributed by atoms with E-state index < -0.39 is 0 Å². The Bertz CT molecular complexity index is 412. The van der Waals surface area contributed by atoms with E-state index in [4.69, 9.17) is 5.73 Å². The molecule has 0 aliphatic carbocycles. The average Bonchev–Trinajstić information content (AvgIpc) is 2.41. The minimum Gasteiger partial charge on any atom is -0.384 e. The molecule has 5 nitrogen and oxygen atoms in total. The summed E-state index contributed by atoms with van der Waals surface area (Å²) in [4.78, 5) is 9.28. The molecule has 112 valence electrons. The van der Waals surface area contributed by atoms with Crippen molar-refractivity contribution in [2.75, 3.05) is 50.8 Å². The number of nitrogens with two attached hydrogens (primary N) is 1. The Balaban J connectivity index is 1.92. The maximum Gasteiger partial charge on any atom is 0.128 e. The summed E-state index contributed by atoms with van der Waals surface area (Å²) in [5, 5.41) is 3.43. The molecule has 1 aliphatic heterocycles. The average molecular weight is 277 g/mol. The van der Waals surface area contributed by atoms with Gasteiger partial charge in [0.05, 0.1) is 0 Å². The first kappa shape index (κ1) is 15.1. The molecule has 0 aromatic carbocycles. The molecule has 1 unspecified atom stereocenters. The molecule has 1 saturated heterocycles. The summed E-state index contributed by atoms with van der Waals surface area (Å²) in [6.45, 7) is 10.1. The van der Waals surface area contributed by atoms with E-state index in [1.54, 1.807) is 0 Å². The molecular formula is C15H27N5. The standard InChI is InChI=1S/C15H27N5/c1-12(2)13(20-9-7-19(3)8-10-20)11-17-15-6-4-5-14(16)18-15/h4-6,12-13H,7-11H2,1-3H3,(H3,16,17,18). The van der Waals surface area contributed by atoms with Crippen molar-refractivity contribution in [3.8, 4) is 0 Å². The van der Waals surface area contributed by atoms with Crippen molar-refractivity contribution in [2.45, 2.75) is 19.9 Å². The Kier molecular flexibility index (Phi) is 5.20. The van der Waals surface area contributed by atoms with Gasteiger partial charge in [0.1, 0.15) is 11.6 Å². The number of rotatable bonds is 5. The van der Waals surface area contributed by atoms with Crippen LogP contribution in [-0.2, 0) is 0 Å². The van der Waals surface area contributed by atoms with Gasteiger partial charge >= 0.3 is 0 Å². The highest BCUT2D eigenvalue weighted by atomic mass is 15.3. The maximum atomic E-state index is 5.72. The summed E-state index contributed by atoms with van der Waals surface area (Å²) in [5.74, 6) is 2.05. The molecule has 0 spiro atoms. The highest BCUT2D eigenvalue weighted by Gasteiger charge is 2.24. The zero-order valence-electron chi connectivity index (χ0n) is 12.8. The Labute approximate surface area is 122 Å². The number of pyridine rings is 1. The van der Waals surface area contributed by atoms with E-state index in [0.717, 1.165) is 38.5 Å². The molecule has 1 aromatic heterocycles. The van der Waals surface area contributed by atoms with Crippen LogP contribution >= 0.6 is 0 Å². The van der Waals surface area contributed by atoms with Crippen LogP contribution in [-0.4, -0.2) is 60.6 Å². The van der Waals surface area contributed by atoms with Crippen molar-refractivity contribution in [3.63, 3.8) is 0 Å². The molecule has 1 aromatic rings. The summed E-state index contributed by atoms with van der Waals surface area (Å²) in [7, 11) is 2.19. The molecule has 1 fully saturated rings. The van der Waals surface area contributed by atoms with E-state index in [-0.39, 0.29) is 0 Å². The zero-order valence-corrected chi connectivity index (χ0v) is 12.8. The third-order valence-corrected chi connectivity index (χ3v) is 4.04. The maximum absolute atomic E-state index is 5.72. The van der Waals surface area contributed by atoms with Crippen molar-refractivity contribution in [1.29, 1.82) is 0 Å². The highest BCUT2D eigenvalue weighted by Crippen LogP contribution is 2.15. The van der Waals surface area contributed by atoms with Gasteiger partial charge in [0.25, 0.3) is 0 Å². The van der Waals surface area contributed by atoms with E-state index in [1.165, 1.54) is 0 Å². The largest absolute Gasteiger partial charge is 0.384 e. The third kappa shape index (κ3) is 4.08. The lowest BCUT2D eigenvalue weighted by atomic mass is 10.0. The molecule has 20 heavy (non-hydrogen) atoms. The molecule has 1 aliphatic rings. The second-order valence-electron chi connectivity index (χ2n) is 5.98. The van der Waals surface area contributed by atoms with Gasteiger partial charge in [0, 0.05) is 38.8 Å². The van der Waals surface area contributed by atoms with Crippen LogP contribution in [0.2, 0.25) is 0 Å². The van der Waals surface area contributed by atoms with Crippen LogP contribution in [0.5, 0.6) is 0 Å². The summed E-state index contributed by atoms with van der Waals surface area (Å²) in [6, 6.07) is 6.25. The molecule has 2 rings (SSSR count). The van der Waals surface area contributed by atoms with E-state index >= 15 is 0 Å². The summed E-state index contributed by atoms with van der Waals surface area (Å²) >= 11 is 0. The van der Waals surface area contributed by atoms with Gasteiger partial charge in [-0.3, -0.25) is 4.90 Å². The number of nitrogen functional groups attached to an aromatic ring is 1. The molecule has 5 heteroatoms. The molecule has 0 radical (unpaired) electrons. The SMILES string of the molecule is CC(C)C(CNc1cccc(N)n1)N1CCN(C)CC1. The van der Waals surface area contributed by atoms with E-state index in [0.29, 0.717) is 17.8 Å². The lowest BCUT2D eigenvalue weighted by Crippen LogP contribution is -2.52. The lowest BCUT2D eigenvalue weighted by Gasteiger charge is -2.40.